The summed E-state index contributed by atoms with van der Waals surface area (Å²) in [4.78, 5) is 5.32. The summed E-state index contributed by atoms with van der Waals surface area (Å²) in [6.07, 6.45) is 3.96. The third kappa shape index (κ3) is 3.21. The van der Waals surface area contributed by atoms with Crippen molar-refractivity contribution in [1.82, 2.24) is 9.80 Å². The van der Waals surface area contributed by atoms with Crippen LogP contribution < -0.4 is 5.73 Å². The first kappa shape index (κ1) is 13.3. The van der Waals surface area contributed by atoms with Crippen molar-refractivity contribution in [2.45, 2.75) is 58.2 Å². The maximum absolute atomic E-state index is 6.00. The molecule has 3 nitrogen and oxygen atoms in total. The highest BCUT2D eigenvalue weighted by Crippen LogP contribution is 2.25. The molecule has 0 bridgehead atoms. The van der Waals surface area contributed by atoms with E-state index in [0.29, 0.717) is 12.1 Å². The van der Waals surface area contributed by atoms with Gasteiger partial charge in [-0.25, -0.2) is 0 Å². The average Bonchev–Trinajstić information content (AvgIpc) is 2.78. The van der Waals surface area contributed by atoms with Crippen LogP contribution in [0.3, 0.4) is 0 Å². The first-order chi connectivity index (χ1) is 8.08. The monoisotopic (exact) mass is 239 g/mol. The number of likely N-dealkylation sites (tertiary alicyclic amines) is 2. The van der Waals surface area contributed by atoms with Gasteiger partial charge in [-0.1, -0.05) is 0 Å². The zero-order valence-corrected chi connectivity index (χ0v) is 11.7. The van der Waals surface area contributed by atoms with Gasteiger partial charge in [0.25, 0.3) is 0 Å². The predicted octanol–water partition coefficient (Wildman–Crippen LogP) is 1.53. The van der Waals surface area contributed by atoms with Crippen LogP contribution in [-0.2, 0) is 0 Å². The van der Waals surface area contributed by atoms with E-state index < -0.39 is 0 Å². The molecule has 2 saturated heterocycles. The van der Waals surface area contributed by atoms with Crippen LogP contribution in [0.25, 0.3) is 0 Å². The largest absolute Gasteiger partial charge is 0.328 e. The number of nitrogens with zero attached hydrogens (tertiary/aromatic N) is 2. The molecule has 3 heteroatoms. The Morgan fingerprint density at radius 3 is 2.12 bits per heavy atom. The summed E-state index contributed by atoms with van der Waals surface area (Å²) >= 11 is 0. The van der Waals surface area contributed by atoms with Crippen LogP contribution in [0.1, 0.15) is 40.0 Å². The molecule has 2 N–H and O–H groups in total. The van der Waals surface area contributed by atoms with Crippen LogP contribution in [-0.4, -0.2) is 54.1 Å². The summed E-state index contributed by atoms with van der Waals surface area (Å²) in [5, 5.41) is 0. The molecule has 0 aromatic heterocycles. The van der Waals surface area contributed by atoms with Gasteiger partial charge in [0, 0.05) is 31.2 Å². The summed E-state index contributed by atoms with van der Waals surface area (Å²) < 4.78 is 0. The Morgan fingerprint density at radius 1 is 1.00 bits per heavy atom. The minimum absolute atomic E-state index is 0.382. The Hall–Kier alpha value is -0.120. The van der Waals surface area contributed by atoms with Crippen molar-refractivity contribution in [2.75, 3.05) is 26.2 Å². The molecule has 0 amide bonds. The smallest absolute Gasteiger partial charge is 0.0235 e. The number of rotatable bonds is 3. The van der Waals surface area contributed by atoms with Crippen LogP contribution in [0.15, 0.2) is 0 Å². The highest BCUT2D eigenvalue weighted by Gasteiger charge is 2.31. The average molecular weight is 239 g/mol. The van der Waals surface area contributed by atoms with Gasteiger partial charge >= 0.3 is 0 Å². The number of nitrogens with two attached hydrogens (primary N) is 1. The molecule has 2 atom stereocenters. The van der Waals surface area contributed by atoms with Crippen LogP contribution in [0.2, 0.25) is 0 Å². The molecule has 0 radical (unpaired) electrons. The van der Waals surface area contributed by atoms with E-state index in [-0.39, 0.29) is 0 Å². The quantitative estimate of drug-likeness (QED) is 0.810. The third-order valence-corrected chi connectivity index (χ3v) is 4.76. The summed E-state index contributed by atoms with van der Waals surface area (Å²) in [7, 11) is 0. The fourth-order valence-electron chi connectivity index (χ4n) is 3.35. The van der Waals surface area contributed by atoms with Gasteiger partial charge in [0.15, 0.2) is 0 Å². The number of piperidine rings is 1. The van der Waals surface area contributed by atoms with E-state index in [9.17, 15) is 0 Å². The molecule has 0 spiro atoms. The standard InChI is InChI=1S/C14H29N3/c1-11(2)17-9-6-14(10-17)16-7-4-13(5-8-16)12(3)15/h11-14H,4-10,15H2,1-3H3. The first-order valence-corrected chi connectivity index (χ1v) is 7.31. The second-order valence-electron chi connectivity index (χ2n) is 6.26. The lowest BCUT2D eigenvalue weighted by Gasteiger charge is -2.37. The second kappa shape index (κ2) is 5.68. The molecule has 0 aromatic carbocycles. The van der Waals surface area contributed by atoms with Crippen molar-refractivity contribution < 1.29 is 0 Å². The Kier molecular flexibility index (Phi) is 4.45. The molecule has 2 aliphatic heterocycles. The van der Waals surface area contributed by atoms with E-state index in [2.05, 4.69) is 30.6 Å². The first-order valence-electron chi connectivity index (χ1n) is 7.31. The fraction of sp³-hybridized carbons (Fsp3) is 1.00. The minimum atomic E-state index is 0.382. The molecule has 0 aliphatic carbocycles. The molecule has 2 aliphatic rings. The van der Waals surface area contributed by atoms with Gasteiger partial charge in [0.1, 0.15) is 0 Å². The maximum atomic E-state index is 6.00. The topological polar surface area (TPSA) is 32.5 Å². The Balaban J connectivity index is 1.78. The summed E-state index contributed by atoms with van der Waals surface area (Å²) in [6, 6.07) is 1.90. The lowest BCUT2D eigenvalue weighted by Crippen LogP contribution is -2.45. The molecule has 0 aromatic rings. The highest BCUT2D eigenvalue weighted by molar-refractivity contribution is 4.88. The molecule has 2 rings (SSSR count). The molecule has 2 heterocycles. The normalized spacial score (nSPS) is 31.2. The van der Waals surface area contributed by atoms with Crippen molar-refractivity contribution in [3.05, 3.63) is 0 Å². The van der Waals surface area contributed by atoms with Crippen LogP contribution in [0, 0.1) is 5.92 Å². The van der Waals surface area contributed by atoms with Crippen molar-refractivity contribution >= 4 is 0 Å². The molecule has 0 saturated carbocycles. The summed E-state index contributed by atoms with van der Waals surface area (Å²) in [5.41, 5.74) is 6.00. The van der Waals surface area contributed by atoms with Gasteiger partial charge in [-0.3, -0.25) is 9.80 Å². The van der Waals surface area contributed by atoms with Gasteiger partial charge in [-0.2, -0.15) is 0 Å². The maximum Gasteiger partial charge on any atom is 0.0235 e. The molecule has 100 valence electrons. The van der Waals surface area contributed by atoms with E-state index in [1.54, 1.807) is 0 Å². The van der Waals surface area contributed by atoms with Gasteiger partial charge in [0.05, 0.1) is 0 Å². The fourth-order valence-corrected chi connectivity index (χ4v) is 3.35. The van der Waals surface area contributed by atoms with Gasteiger partial charge in [0.2, 0.25) is 0 Å². The molecule has 2 unspecified atom stereocenters. The van der Waals surface area contributed by atoms with E-state index in [4.69, 9.17) is 5.73 Å². The van der Waals surface area contributed by atoms with Gasteiger partial charge in [-0.15, -0.1) is 0 Å². The Labute approximate surface area is 106 Å². The van der Waals surface area contributed by atoms with E-state index in [1.165, 1.54) is 45.4 Å². The van der Waals surface area contributed by atoms with Crippen molar-refractivity contribution in [3.63, 3.8) is 0 Å². The van der Waals surface area contributed by atoms with Gasteiger partial charge in [-0.05, 0) is 59.0 Å². The van der Waals surface area contributed by atoms with E-state index in [0.717, 1.165) is 12.0 Å². The molecular weight excluding hydrogens is 210 g/mol. The third-order valence-electron chi connectivity index (χ3n) is 4.76. The molecule has 17 heavy (non-hydrogen) atoms. The van der Waals surface area contributed by atoms with Crippen LogP contribution in [0.4, 0.5) is 0 Å². The summed E-state index contributed by atoms with van der Waals surface area (Å²) in [6.45, 7) is 11.9. The van der Waals surface area contributed by atoms with Crippen molar-refractivity contribution in [1.29, 1.82) is 0 Å². The van der Waals surface area contributed by atoms with Crippen LogP contribution >= 0.6 is 0 Å². The summed E-state index contributed by atoms with van der Waals surface area (Å²) in [5.74, 6) is 0.758. The van der Waals surface area contributed by atoms with Crippen molar-refractivity contribution in [2.24, 2.45) is 11.7 Å². The number of hydrogen-bond acceptors (Lipinski definition) is 3. The second-order valence-corrected chi connectivity index (χ2v) is 6.26. The lowest BCUT2D eigenvalue weighted by atomic mass is 9.90. The zero-order valence-electron chi connectivity index (χ0n) is 11.7. The predicted molar refractivity (Wildman–Crippen MR) is 73.1 cm³/mol. The van der Waals surface area contributed by atoms with E-state index >= 15 is 0 Å². The van der Waals surface area contributed by atoms with Gasteiger partial charge < -0.3 is 5.73 Å². The number of hydrogen-bond donors (Lipinski definition) is 1. The SMILES string of the molecule is CC(N)C1CCN(C2CCN(C(C)C)C2)CC1. The van der Waals surface area contributed by atoms with Crippen LogP contribution in [0.5, 0.6) is 0 Å². The van der Waals surface area contributed by atoms with E-state index in [1.807, 2.05) is 0 Å². The Morgan fingerprint density at radius 2 is 1.65 bits per heavy atom. The Bertz CT molecular complexity index is 232. The van der Waals surface area contributed by atoms with Crippen molar-refractivity contribution in [3.8, 4) is 0 Å². The zero-order chi connectivity index (χ0) is 12.4. The highest BCUT2D eigenvalue weighted by atomic mass is 15.3. The molecular formula is C14H29N3. The minimum Gasteiger partial charge on any atom is -0.328 e. The lowest BCUT2D eigenvalue weighted by molar-refractivity contribution is 0.122. The molecule has 2 fully saturated rings.